The normalized spacial score (nSPS) is 12.2. The molecule has 0 bridgehead atoms. The van der Waals surface area contributed by atoms with Gasteiger partial charge in [-0.1, -0.05) is 91.0 Å². The zero-order valence-electron chi connectivity index (χ0n) is 28.0. The van der Waals surface area contributed by atoms with Crippen LogP contribution in [0.5, 0.6) is 0 Å². The van der Waals surface area contributed by atoms with Gasteiger partial charge in [-0.3, -0.25) is 0 Å². The fourth-order valence-electron chi connectivity index (χ4n) is 8.95. The Kier molecular flexibility index (Phi) is 5.65. The summed E-state index contributed by atoms with van der Waals surface area (Å²) in [7, 11) is 0. The van der Waals surface area contributed by atoms with Crippen molar-refractivity contribution in [3.05, 3.63) is 176 Å². The Morgan fingerprint density at radius 2 is 0.692 bits per heavy atom. The van der Waals surface area contributed by atoms with E-state index in [0.717, 1.165) is 11.4 Å². The molecule has 12 aromatic rings. The maximum Gasteiger partial charge on any atom is 0.0549 e. The smallest absolute Gasteiger partial charge is 0.0549 e. The van der Waals surface area contributed by atoms with E-state index in [9.17, 15) is 0 Å². The maximum atomic E-state index is 2.48. The summed E-state index contributed by atoms with van der Waals surface area (Å²) >= 11 is 1.87. The largest absolute Gasteiger partial charge is 0.309 e. The lowest BCUT2D eigenvalue weighted by molar-refractivity contribution is 1.17. The molecule has 52 heavy (non-hydrogen) atoms. The summed E-state index contributed by atoms with van der Waals surface area (Å²) in [5.41, 5.74) is 10.8. The van der Waals surface area contributed by atoms with Crippen LogP contribution in [0.1, 0.15) is 0 Å². The number of nitrogens with zero attached hydrogens (tertiary/aromatic N) is 3. The summed E-state index contributed by atoms with van der Waals surface area (Å²) in [5.74, 6) is 0. The van der Waals surface area contributed by atoms with E-state index in [0.29, 0.717) is 0 Å². The van der Waals surface area contributed by atoms with Gasteiger partial charge in [-0.25, -0.2) is 0 Å². The minimum Gasteiger partial charge on any atom is -0.309 e. The van der Waals surface area contributed by atoms with Gasteiger partial charge in [-0.05, 0) is 84.9 Å². The van der Waals surface area contributed by atoms with Gasteiger partial charge in [0.15, 0.2) is 0 Å². The third-order valence-electron chi connectivity index (χ3n) is 11.0. The van der Waals surface area contributed by atoms with Crippen LogP contribution in [0, 0.1) is 0 Å². The second-order valence-electron chi connectivity index (χ2n) is 13.7. The molecule has 0 saturated carbocycles. The lowest BCUT2D eigenvalue weighted by Gasteiger charge is -2.10. The van der Waals surface area contributed by atoms with Crippen LogP contribution in [0.3, 0.4) is 0 Å². The van der Waals surface area contributed by atoms with Crippen LogP contribution < -0.4 is 0 Å². The number of fused-ring (bicyclic) bond motifs is 14. The predicted octanol–water partition coefficient (Wildman–Crippen LogP) is 13.3. The van der Waals surface area contributed by atoms with Gasteiger partial charge in [0, 0.05) is 69.6 Å². The van der Waals surface area contributed by atoms with Gasteiger partial charge in [0.05, 0.1) is 33.1 Å². The molecule has 4 heterocycles. The highest BCUT2D eigenvalue weighted by Crippen LogP contribution is 2.47. The van der Waals surface area contributed by atoms with E-state index >= 15 is 0 Å². The van der Waals surface area contributed by atoms with Gasteiger partial charge in [0.1, 0.15) is 0 Å². The maximum absolute atomic E-state index is 2.48. The summed E-state index contributed by atoms with van der Waals surface area (Å²) in [5, 5.41) is 10.3. The molecular weight excluding hydrogens is 651 g/mol. The number of hydrogen-bond donors (Lipinski definition) is 0. The van der Waals surface area contributed by atoms with Crippen molar-refractivity contribution < 1.29 is 0 Å². The molecule has 0 aliphatic rings. The van der Waals surface area contributed by atoms with Crippen molar-refractivity contribution in [2.45, 2.75) is 0 Å². The Morgan fingerprint density at radius 1 is 0.269 bits per heavy atom. The Labute approximate surface area is 302 Å². The third kappa shape index (κ3) is 3.69. The van der Waals surface area contributed by atoms with Crippen LogP contribution in [0.2, 0.25) is 0 Å². The third-order valence-corrected chi connectivity index (χ3v) is 12.2. The number of aromatic nitrogens is 3. The van der Waals surface area contributed by atoms with E-state index in [-0.39, 0.29) is 0 Å². The highest BCUT2D eigenvalue weighted by atomic mass is 32.1. The van der Waals surface area contributed by atoms with Crippen LogP contribution >= 0.6 is 11.3 Å². The Morgan fingerprint density at radius 3 is 1.27 bits per heavy atom. The summed E-state index contributed by atoms with van der Waals surface area (Å²) in [4.78, 5) is 0. The minimum atomic E-state index is 1.16. The molecule has 3 nitrogen and oxygen atoms in total. The molecule has 242 valence electrons. The average Bonchev–Trinajstić information content (AvgIpc) is 3.94. The van der Waals surface area contributed by atoms with Crippen molar-refractivity contribution in [2.75, 3.05) is 0 Å². The fraction of sp³-hybridized carbons (Fsp3) is 0. The second kappa shape index (κ2) is 10.5. The zero-order chi connectivity index (χ0) is 33.9. The topological polar surface area (TPSA) is 14.8 Å². The molecule has 12 rings (SSSR count). The van der Waals surface area contributed by atoms with E-state index in [2.05, 4.69) is 190 Å². The van der Waals surface area contributed by atoms with Gasteiger partial charge in [-0.15, -0.1) is 11.3 Å². The molecule has 0 spiro atoms. The monoisotopic (exact) mass is 679 g/mol. The first-order chi connectivity index (χ1) is 25.8. The highest BCUT2D eigenvalue weighted by Gasteiger charge is 2.24. The molecule has 0 amide bonds. The number of benzene rings is 8. The second-order valence-corrected chi connectivity index (χ2v) is 14.8. The Balaban J connectivity index is 1.30. The highest BCUT2D eigenvalue weighted by molar-refractivity contribution is 7.25. The van der Waals surface area contributed by atoms with Crippen LogP contribution in [-0.4, -0.2) is 13.7 Å². The van der Waals surface area contributed by atoms with Gasteiger partial charge in [-0.2, -0.15) is 0 Å². The molecular formula is C48H29N3S. The molecule has 0 saturated heterocycles. The van der Waals surface area contributed by atoms with Crippen molar-refractivity contribution >= 4 is 96.9 Å². The van der Waals surface area contributed by atoms with Crippen LogP contribution in [0.25, 0.3) is 103 Å². The molecule has 0 radical (unpaired) electrons. The van der Waals surface area contributed by atoms with Crippen LogP contribution in [0.15, 0.2) is 176 Å². The van der Waals surface area contributed by atoms with Crippen molar-refractivity contribution in [2.24, 2.45) is 0 Å². The molecule has 0 atom stereocenters. The standard InChI is InChI=1S/C48H29N3S/c1-3-13-30(14-4-1)49-37-20-10-7-18-34(37)45-39(49)24-26-41-47(45)48-42(50(41)31-15-5-2-6-16-31)27-25-40-46(48)35-19-8-11-21-38(35)51(40)32-23-28-44-36(29-32)33-17-9-12-22-43(33)52-44/h1-29H. The number of para-hydroxylation sites is 4. The SMILES string of the molecule is c1ccc(-n2c3ccccc3c3c4c5c6c7ccccc7n(-c7ccc8sc9ccccc9c8c7)c6ccc5n(-c5ccccc5)c4ccc32)cc1. The van der Waals surface area contributed by atoms with E-state index in [1.807, 2.05) is 11.3 Å². The number of rotatable bonds is 3. The van der Waals surface area contributed by atoms with Gasteiger partial charge in [0.25, 0.3) is 0 Å². The van der Waals surface area contributed by atoms with Crippen molar-refractivity contribution in [3.8, 4) is 17.1 Å². The lowest BCUT2D eigenvalue weighted by atomic mass is 10.0. The van der Waals surface area contributed by atoms with E-state index in [1.54, 1.807) is 0 Å². The molecule has 8 aromatic carbocycles. The first-order valence-electron chi connectivity index (χ1n) is 17.8. The molecule has 4 heteroatoms. The summed E-state index contributed by atoms with van der Waals surface area (Å²) in [6, 6.07) is 64.6. The van der Waals surface area contributed by atoms with E-state index in [4.69, 9.17) is 0 Å². The molecule has 0 aliphatic carbocycles. The lowest BCUT2D eigenvalue weighted by Crippen LogP contribution is -1.95. The summed E-state index contributed by atoms with van der Waals surface area (Å²) < 4.78 is 10.0. The van der Waals surface area contributed by atoms with Gasteiger partial charge < -0.3 is 13.7 Å². The summed E-state index contributed by atoms with van der Waals surface area (Å²) in [6.45, 7) is 0. The molecule has 0 unspecified atom stereocenters. The quantitative estimate of drug-likeness (QED) is 0.177. The number of hydrogen-bond acceptors (Lipinski definition) is 1. The van der Waals surface area contributed by atoms with Crippen LogP contribution in [-0.2, 0) is 0 Å². The van der Waals surface area contributed by atoms with Crippen LogP contribution in [0.4, 0.5) is 0 Å². The minimum absolute atomic E-state index is 1.16. The van der Waals surface area contributed by atoms with Gasteiger partial charge in [0.2, 0.25) is 0 Å². The predicted molar refractivity (Wildman–Crippen MR) is 222 cm³/mol. The molecule has 0 aliphatic heterocycles. The van der Waals surface area contributed by atoms with E-state index in [1.165, 1.54) is 91.3 Å². The van der Waals surface area contributed by atoms with E-state index < -0.39 is 0 Å². The zero-order valence-corrected chi connectivity index (χ0v) is 28.8. The molecule has 4 aromatic heterocycles. The fourth-order valence-corrected chi connectivity index (χ4v) is 10.0. The van der Waals surface area contributed by atoms with Crippen molar-refractivity contribution in [1.82, 2.24) is 13.7 Å². The van der Waals surface area contributed by atoms with Gasteiger partial charge >= 0.3 is 0 Å². The Bertz CT molecular complexity index is 3390. The number of thiophene rings is 1. The first-order valence-corrected chi connectivity index (χ1v) is 18.6. The Hall–Kier alpha value is -6.62. The van der Waals surface area contributed by atoms with Crippen molar-refractivity contribution in [3.63, 3.8) is 0 Å². The summed E-state index contributed by atoms with van der Waals surface area (Å²) in [6.07, 6.45) is 0. The first kappa shape index (κ1) is 28.1. The average molecular weight is 680 g/mol. The van der Waals surface area contributed by atoms with Crippen molar-refractivity contribution in [1.29, 1.82) is 0 Å². The molecule has 0 N–H and O–H groups in total. The molecule has 0 fully saturated rings.